The Kier molecular flexibility index (Phi) is 64.6. The molecule has 0 aliphatic heterocycles. The number of carbonyl (C=O) groups excluding carboxylic acids is 3. The monoisotopic (exact) mass is 1090 g/mol. The highest BCUT2D eigenvalue weighted by Gasteiger charge is 2.19. The van der Waals surface area contributed by atoms with Gasteiger partial charge in [0.1, 0.15) is 13.2 Å². The van der Waals surface area contributed by atoms with Crippen molar-refractivity contribution in [3.63, 3.8) is 0 Å². The van der Waals surface area contributed by atoms with Crippen molar-refractivity contribution in [3.05, 3.63) is 48.6 Å². The standard InChI is InChI=1S/C72H132O6/c1-4-7-10-13-16-19-22-25-27-28-29-30-31-32-33-34-35-36-37-38-39-40-41-42-43-44-46-47-50-53-56-59-62-65-71(74)77-68-69(67-76-70(73)64-61-58-55-52-49-24-21-18-15-12-9-6-3)78-72(75)66-63-60-57-54-51-48-45-26-23-20-17-14-11-8-5-2/h8,11,17-18,20-21,26,45,69H,4-7,9-10,12-16,19,22-25,27-44,46-68H2,1-3H3/b11-8-,20-17-,21-18-,45-26-. The number of ether oxygens (including phenoxy) is 3. The van der Waals surface area contributed by atoms with Crippen LogP contribution in [0.3, 0.4) is 0 Å². The van der Waals surface area contributed by atoms with Crippen LogP contribution in [0, 0.1) is 0 Å². The maximum absolute atomic E-state index is 12.9. The van der Waals surface area contributed by atoms with Crippen LogP contribution in [-0.4, -0.2) is 37.2 Å². The summed E-state index contributed by atoms with van der Waals surface area (Å²) in [6, 6.07) is 0. The Morgan fingerprint density at radius 1 is 0.269 bits per heavy atom. The molecule has 0 aromatic rings. The van der Waals surface area contributed by atoms with Crippen LogP contribution in [0.2, 0.25) is 0 Å². The minimum Gasteiger partial charge on any atom is -0.462 e. The zero-order valence-corrected chi connectivity index (χ0v) is 52.5. The predicted molar refractivity (Wildman–Crippen MR) is 339 cm³/mol. The molecular formula is C72H132O6. The quantitative estimate of drug-likeness (QED) is 0.0261. The largest absolute Gasteiger partial charge is 0.462 e. The van der Waals surface area contributed by atoms with Crippen molar-refractivity contribution in [1.82, 2.24) is 0 Å². The maximum atomic E-state index is 12.9. The maximum Gasteiger partial charge on any atom is 0.306 e. The van der Waals surface area contributed by atoms with Gasteiger partial charge in [-0.2, -0.15) is 0 Å². The average Bonchev–Trinajstić information content (AvgIpc) is 3.44. The molecule has 0 amide bonds. The lowest BCUT2D eigenvalue weighted by Gasteiger charge is -2.18. The van der Waals surface area contributed by atoms with Gasteiger partial charge in [0, 0.05) is 19.3 Å². The molecule has 0 bridgehead atoms. The van der Waals surface area contributed by atoms with Crippen molar-refractivity contribution < 1.29 is 28.6 Å². The number of esters is 3. The Morgan fingerprint density at radius 3 is 0.821 bits per heavy atom. The fraction of sp³-hybridized carbons (Fsp3) is 0.847. The summed E-state index contributed by atoms with van der Waals surface area (Å²) in [5, 5.41) is 0. The van der Waals surface area contributed by atoms with Gasteiger partial charge in [-0.3, -0.25) is 14.4 Å². The van der Waals surface area contributed by atoms with E-state index < -0.39 is 6.10 Å². The van der Waals surface area contributed by atoms with Crippen molar-refractivity contribution >= 4 is 17.9 Å². The van der Waals surface area contributed by atoms with E-state index in [1.165, 1.54) is 231 Å². The van der Waals surface area contributed by atoms with Crippen LogP contribution in [0.4, 0.5) is 0 Å². The van der Waals surface area contributed by atoms with E-state index in [-0.39, 0.29) is 31.1 Å². The van der Waals surface area contributed by atoms with E-state index in [2.05, 4.69) is 69.4 Å². The van der Waals surface area contributed by atoms with Crippen molar-refractivity contribution in [2.75, 3.05) is 13.2 Å². The van der Waals surface area contributed by atoms with Gasteiger partial charge < -0.3 is 14.2 Å². The van der Waals surface area contributed by atoms with E-state index in [4.69, 9.17) is 14.2 Å². The van der Waals surface area contributed by atoms with Crippen LogP contribution in [0.25, 0.3) is 0 Å². The lowest BCUT2D eigenvalue weighted by atomic mass is 10.0. The summed E-state index contributed by atoms with van der Waals surface area (Å²) in [5.74, 6) is -0.887. The molecular weight excluding hydrogens is 961 g/mol. The van der Waals surface area contributed by atoms with Crippen LogP contribution < -0.4 is 0 Å². The smallest absolute Gasteiger partial charge is 0.306 e. The van der Waals surface area contributed by atoms with Crippen LogP contribution in [0.5, 0.6) is 0 Å². The Balaban J connectivity index is 4.06. The minimum absolute atomic E-state index is 0.0796. The molecule has 0 aliphatic rings. The SMILES string of the molecule is CC/C=C\C/C=C\C/C=C\CCCCCCCC(=O)OC(COC(=O)CCCCCCC/C=C\CCCCC)COC(=O)CCCCCCCCCCCCCCCCCCCCCCCCCCCCCCCCCCC. The van der Waals surface area contributed by atoms with Gasteiger partial charge in [-0.1, -0.05) is 326 Å². The average molecular weight is 1090 g/mol. The van der Waals surface area contributed by atoms with E-state index in [1.807, 2.05) is 0 Å². The molecule has 0 saturated carbocycles. The zero-order valence-electron chi connectivity index (χ0n) is 52.5. The molecule has 0 N–H and O–H groups in total. The van der Waals surface area contributed by atoms with E-state index in [9.17, 15) is 14.4 Å². The predicted octanol–water partition coefficient (Wildman–Crippen LogP) is 23.7. The van der Waals surface area contributed by atoms with E-state index in [0.29, 0.717) is 19.3 Å². The zero-order chi connectivity index (χ0) is 56.4. The van der Waals surface area contributed by atoms with E-state index in [0.717, 1.165) is 103 Å². The second-order valence-electron chi connectivity index (χ2n) is 23.4. The number of carbonyl (C=O) groups is 3. The molecule has 456 valence electrons. The molecule has 0 aliphatic carbocycles. The molecule has 0 rings (SSSR count). The number of hydrogen-bond donors (Lipinski definition) is 0. The first-order valence-electron chi connectivity index (χ1n) is 34.6. The Labute approximate surface area is 486 Å². The summed E-state index contributed by atoms with van der Waals surface area (Å²) in [6.07, 6.45) is 84.5. The molecule has 6 nitrogen and oxygen atoms in total. The first kappa shape index (κ1) is 75.4. The molecule has 6 heteroatoms. The summed E-state index contributed by atoms with van der Waals surface area (Å²) >= 11 is 0. The molecule has 1 unspecified atom stereocenters. The van der Waals surface area contributed by atoms with Crippen molar-refractivity contribution in [1.29, 1.82) is 0 Å². The van der Waals surface area contributed by atoms with E-state index in [1.54, 1.807) is 0 Å². The fourth-order valence-corrected chi connectivity index (χ4v) is 10.4. The summed E-state index contributed by atoms with van der Waals surface area (Å²) < 4.78 is 16.9. The normalized spacial score (nSPS) is 12.3. The summed E-state index contributed by atoms with van der Waals surface area (Å²) in [7, 11) is 0. The van der Waals surface area contributed by atoms with E-state index >= 15 is 0 Å². The summed E-state index contributed by atoms with van der Waals surface area (Å²) in [5.41, 5.74) is 0. The third-order valence-corrected chi connectivity index (χ3v) is 15.6. The highest BCUT2D eigenvalue weighted by molar-refractivity contribution is 5.71. The summed E-state index contributed by atoms with van der Waals surface area (Å²) in [4.78, 5) is 38.3. The third-order valence-electron chi connectivity index (χ3n) is 15.6. The summed E-state index contributed by atoms with van der Waals surface area (Å²) in [6.45, 7) is 6.54. The van der Waals surface area contributed by atoms with Gasteiger partial charge in [0.15, 0.2) is 6.10 Å². The van der Waals surface area contributed by atoms with Crippen LogP contribution in [0.1, 0.15) is 374 Å². The number of allylic oxidation sites excluding steroid dienone is 8. The Bertz CT molecular complexity index is 1350. The number of rotatable bonds is 64. The molecule has 0 heterocycles. The lowest BCUT2D eigenvalue weighted by Crippen LogP contribution is -2.30. The van der Waals surface area contributed by atoms with Gasteiger partial charge in [0.25, 0.3) is 0 Å². The molecule has 0 spiro atoms. The molecule has 78 heavy (non-hydrogen) atoms. The van der Waals surface area contributed by atoms with Crippen LogP contribution in [-0.2, 0) is 28.6 Å². The number of hydrogen-bond acceptors (Lipinski definition) is 6. The lowest BCUT2D eigenvalue weighted by molar-refractivity contribution is -0.167. The Hall–Kier alpha value is -2.63. The van der Waals surface area contributed by atoms with Gasteiger partial charge in [0.2, 0.25) is 0 Å². The minimum atomic E-state index is -0.784. The van der Waals surface area contributed by atoms with Crippen LogP contribution >= 0.6 is 0 Å². The molecule has 1 atom stereocenters. The first-order chi connectivity index (χ1) is 38.5. The molecule has 0 saturated heterocycles. The topological polar surface area (TPSA) is 78.9 Å². The Morgan fingerprint density at radius 2 is 0.500 bits per heavy atom. The molecule has 0 aromatic heterocycles. The molecule has 0 radical (unpaired) electrons. The fourth-order valence-electron chi connectivity index (χ4n) is 10.4. The molecule has 0 aromatic carbocycles. The van der Waals surface area contributed by atoms with Gasteiger partial charge in [-0.25, -0.2) is 0 Å². The van der Waals surface area contributed by atoms with Gasteiger partial charge in [-0.05, 0) is 77.0 Å². The van der Waals surface area contributed by atoms with Gasteiger partial charge in [0.05, 0.1) is 0 Å². The highest BCUT2D eigenvalue weighted by atomic mass is 16.6. The van der Waals surface area contributed by atoms with Crippen molar-refractivity contribution in [2.45, 2.75) is 380 Å². The van der Waals surface area contributed by atoms with Crippen molar-refractivity contribution in [2.24, 2.45) is 0 Å². The number of unbranched alkanes of at least 4 members (excludes halogenated alkanes) is 45. The first-order valence-corrected chi connectivity index (χ1v) is 34.6. The highest BCUT2D eigenvalue weighted by Crippen LogP contribution is 2.19. The second-order valence-corrected chi connectivity index (χ2v) is 23.4. The third kappa shape index (κ3) is 64.2. The van der Waals surface area contributed by atoms with Crippen molar-refractivity contribution in [3.8, 4) is 0 Å². The second kappa shape index (κ2) is 66.9. The van der Waals surface area contributed by atoms with Gasteiger partial charge >= 0.3 is 17.9 Å². The molecule has 0 fully saturated rings. The van der Waals surface area contributed by atoms with Gasteiger partial charge in [-0.15, -0.1) is 0 Å². The van der Waals surface area contributed by atoms with Crippen LogP contribution in [0.15, 0.2) is 48.6 Å².